The van der Waals surface area contributed by atoms with E-state index >= 15 is 0 Å². The maximum absolute atomic E-state index is 12.7. The molecule has 1 fully saturated rings. The Labute approximate surface area is 181 Å². The topological polar surface area (TPSA) is 92.8 Å². The molecule has 1 aliphatic rings. The molecule has 0 saturated heterocycles. The van der Waals surface area contributed by atoms with Crippen molar-refractivity contribution in [2.75, 3.05) is 0 Å². The summed E-state index contributed by atoms with van der Waals surface area (Å²) >= 11 is 0. The molecule has 0 atom stereocenters. The predicted octanol–water partition coefficient (Wildman–Crippen LogP) is 4.77. The summed E-state index contributed by atoms with van der Waals surface area (Å²) in [5.74, 6) is 0.417. The second-order valence-electron chi connectivity index (χ2n) is 7.43. The number of aromatic nitrogens is 4. The highest BCUT2D eigenvalue weighted by Crippen LogP contribution is 2.31. The van der Waals surface area contributed by atoms with Crippen molar-refractivity contribution in [1.82, 2.24) is 25.5 Å². The van der Waals surface area contributed by atoms with E-state index in [1.165, 1.54) is 18.0 Å². The number of aromatic amines is 1. The van der Waals surface area contributed by atoms with Crippen molar-refractivity contribution in [1.29, 1.82) is 0 Å². The van der Waals surface area contributed by atoms with E-state index in [1.807, 2.05) is 18.2 Å². The van der Waals surface area contributed by atoms with Crippen LogP contribution in [0.3, 0.4) is 0 Å². The third-order valence-corrected chi connectivity index (χ3v) is 5.10. The monoisotopic (exact) mass is 443 g/mol. The molecule has 1 saturated carbocycles. The SMILES string of the molecule is O=C(NC1CCC(=Cc2cccc(Oc3ccc(C(F)(F)F)cn3)c2)CC1)c1nc[nH]n1. The minimum Gasteiger partial charge on any atom is -0.439 e. The van der Waals surface area contributed by atoms with Crippen molar-refractivity contribution in [3.05, 3.63) is 71.4 Å². The fraction of sp³-hybridized carbons (Fsp3) is 0.273. The van der Waals surface area contributed by atoms with Crippen LogP contribution in [0.2, 0.25) is 0 Å². The first-order valence-electron chi connectivity index (χ1n) is 10.0. The van der Waals surface area contributed by atoms with Gasteiger partial charge in [-0.15, -0.1) is 5.10 Å². The largest absolute Gasteiger partial charge is 0.439 e. The molecule has 0 bridgehead atoms. The number of allylic oxidation sites excluding steroid dienone is 1. The maximum atomic E-state index is 12.7. The van der Waals surface area contributed by atoms with Crippen LogP contribution in [0.25, 0.3) is 6.08 Å². The lowest BCUT2D eigenvalue weighted by molar-refractivity contribution is -0.137. The Morgan fingerprint density at radius 1 is 1.16 bits per heavy atom. The van der Waals surface area contributed by atoms with Crippen LogP contribution in [0.1, 0.15) is 47.4 Å². The highest BCUT2D eigenvalue weighted by Gasteiger charge is 2.30. The van der Waals surface area contributed by atoms with Gasteiger partial charge in [0.25, 0.3) is 5.91 Å². The normalized spacial score (nSPS) is 16.5. The van der Waals surface area contributed by atoms with Gasteiger partial charge in [0.1, 0.15) is 12.1 Å². The first kappa shape index (κ1) is 21.5. The quantitative estimate of drug-likeness (QED) is 0.593. The zero-order valence-electron chi connectivity index (χ0n) is 16.9. The molecule has 166 valence electrons. The zero-order chi connectivity index (χ0) is 22.6. The minimum atomic E-state index is -4.44. The van der Waals surface area contributed by atoms with Gasteiger partial charge in [0.15, 0.2) is 0 Å². The number of H-pyrrole nitrogens is 1. The summed E-state index contributed by atoms with van der Waals surface area (Å²) in [5.41, 5.74) is 1.35. The number of carbonyl (C=O) groups is 1. The third-order valence-electron chi connectivity index (χ3n) is 5.10. The van der Waals surface area contributed by atoms with Crippen molar-refractivity contribution in [3.8, 4) is 11.6 Å². The van der Waals surface area contributed by atoms with Gasteiger partial charge in [0.05, 0.1) is 5.56 Å². The third kappa shape index (κ3) is 5.51. The van der Waals surface area contributed by atoms with Crippen molar-refractivity contribution >= 4 is 12.0 Å². The molecule has 1 amide bonds. The van der Waals surface area contributed by atoms with Crippen molar-refractivity contribution in [3.63, 3.8) is 0 Å². The molecule has 2 heterocycles. The van der Waals surface area contributed by atoms with Crippen LogP contribution in [0.15, 0.2) is 54.5 Å². The molecule has 2 aromatic heterocycles. The number of amides is 1. The number of carbonyl (C=O) groups excluding carboxylic acids is 1. The summed E-state index contributed by atoms with van der Waals surface area (Å²) in [6.45, 7) is 0. The number of halogens is 3. The van der Waals surface area contributed by atoms with Gasteiger partial charge in [-0.1, -0.05) is 23.8 Å². The number of hydrogen-bond donors (Lipinski definition) is 2. The minimum absolute atomic E-state index is 0.0681. The summed E-state index contributed by atoms with van der Waals surface area (Å²) in [6.07, 6.45) is 3.05. The van der Waals surface area contributed by atoms with Crippen LogP contribution in [-0.4, -0.2) is 32.1 Å². The van der Waals surface area contributed by atoms with Gasteiger partial charge in [0.2, 0.25) is 11.7 Å². The van der Waals surface area contributed by atoms with E-state index in [-0.39, 0.29) is 23.7 Å². The van der Waals surface area contributed by atoms with Crippen LogP contribution in [-0.2, 0) is 6.18 Å². The van der Waals surface area contributed by atoms with Gasteiger partial charge < -0.3 is 10.1 Å². The molecule has 2 N–H and O–H groups in total. The molecule has 32 heavy (non-hydrogen) atoms. The van der Waals surface area contributed by atoms with Crippen LogP contribution >= 0.6 is 0 Å². The average Bonchev–Trinajstić information content (AvgIpc) is 3.30. The molecular formula is C22H20F3N5O2. The Balaban J connectivity index is 1.34. The van der Waals surface area contributed by atoms with Gasteiger partial charge in [-0.3, -0.25) is 9.89 Å². The number of hydrogen-bond acceptors (Lipinski definition) is 5. The van der Waals surface area contributed by atoms with Gasteiger partial charge in [-0.05, 0) is 49.4 Å². The Morgan fingerprint density at radius 3 is 2.62 bits per heavy atom. The highest BCUT2D eigenvalue weighted by molar-refractivity contribution is 5.90. The number of rotatable bonds is 5. The van der Waals surface area contributed by atoms with E-state index < -0.39 is 11.7 Å². The van der Waals surface area contributed by atoms with E-state index in [0.717, 1.165) is 43.5 Å². The zero-order valence-corrected chi connectivity index (χ0v) is 16.9. The van der Waals surface area contributed by atoms with Crippen LogP contribution in [0.5, 0.6) is 11.6 Å². The Bertz CT molecular complexity index is 1090. The number of pyridine rings is 1. The fourth-order valence-electron chi connectivity index (χ4n) is 3.48. The molecule has 0 unspecified atom stereocenters. The van der Waals surface area contributed by atoms with Gasteiger partial charge in [0, 0.05) is 18.3 Å². The second kappa shape index (κ2) is 9.21. The molecule has 10 heteroatoms. The van der Waals surface area contributed by atoms with E-state index in [2.05, 4.69) is 31.6 Å². The van der Waals surface area contributed by atoms with Gasteiger partial charge >= 0.3 is 6.18 Å². The van der Waals surface area contributed by atoms with Gasteiger partial charge in [-0.2, -0.15) is 13.2 Å². The number of alkyl halides is 3. The summed E-state index contributed by atoms with van der Waals surface area (Å²) in [6, 6.07) is 9.47. The number of nitrogens with zero attached hydrogens (tertiary/aromatic N) is 3. The smallest absolute Gasteiger partial charge is 0.417 e. The molecule has 7 nitrogen and oxygen atoms in total. The Morgan fingerprint density at radius 2 is 1.97 bits per heavy atom. The van der Waals surface area contributed by atoms with Crippen molar-refractivity contribution < 1.29 is 22.7 Å². The molecule has 1 aromatic carbocycles. The van der Waals surface area contributed by atoms with Crippen LogP contribution in [0, 0.1) is 0 Å². The molecule has 0 spiro atoms. The first-order chi connectivity index (χ1) is 15.4. The predicted molar refractivity (Wildman–Crippen MR) is 110 cm³/mol. The standard InChI is InChI=1S/C22H20F3N5O2/c23-22(24,25)16-6-9-19(26-12-16)32-18-3-1-2-15(11-18)10-14-4-7-17(8-5-14)29-21(31)20-27-13-28-30-20/h1-3,6,9-13,17H,4-5,7-8H2,(H,29,31)(H,27,28,30). The lowest BCUT2D eigenvalue weighted by atomic mass is 9.89. The van der Waals surface area contributed by atoms with E-state index in [1.54, 1.807) is 6.07 Å². The Kier molecular flexibility index (Phi) is 6.20. The number of ether oxygens (including phenoxy) is 1. The Hall–Kier alpha value is -3.69. The molecule has 3 aromatic rings. The van der Waals surface area contributed by atoms with E-state index in [4.69, 9.17) is 4.74 Å². The summed E-state index contributed by atoms with van der Waals surface area (Å²) in [7, 11) is 0. The molecule has 1 aliphatic carbocycles. The van der Waals surface area contributed by atoms with Crippen LogP contribution < -0.4 is 10.1 Å². The molecule has 0 aliphatic heterocycles. The molecule has 0 radical (unpaired) electrons. The van der Waals surface area contributed by atoms with Gasteiger partial charge in [-0.25, -0.2) is 9.97 Å². The average molecular weight is 443 g/mol. The molecular weight excluding hydrogens is 423 g/mol. The lowest BCUT2D eigenvalue weighted by Crippen LogP contribution is -2.37. The number of benzene rings is 1. The summed E-state index contributed by atoms with van der Waals surface area (Å²) in [4.78, 5) is 19.6. The van der Waals surface area contributed by atoms with E-state index in [0.29, 0.717) is 5.75 Å². The van der Waals surface area contributed by atoms with Crippen molar-refractivity contribution in [2.45, 2.75) is 37.9 Å². The maximum Gasteiger partial charge on any atom is 0.417 e. The fourth-order valence-corrected chi connectivity index (χ4v) is 3.48. The number of nitrogens with one attached hydrogen (secondary N) is 2. The summed E-state index contributed by atoms with van der Waals surface area (Å²) in [5, 5.41) is 9.25. The lowest BCUT2D eigenvalue weighted by Gasteiger charge is -2.24. The highest BCUT2D eigenvalue weighted by atomic mass is 19.4. The van der Waals surface area contributed by atoms with Crippen molar-refractivity contribution in [2.24, 2.45) is 0 Å². The first-order valence-corrected chi connectivity index (χ1v) is 10.0. The summed E-state index contributed by atoms with van der Waals surface area (Å²) < 4.78 is 43.6. The molecule has 4 rings (SSSR count). The van der Waals surface area contributed by atoms with Crippen LogP contribution in [0.4, 0.5) is 13.2 Å². The second-order valence-corrected chi connectivity index (χ2v) is 7.43. The van der Waals surface area contributed by atoms with E-state index in [9.17, 15) is 18.0 Å².